The molecular formula is C27H51O10P. The minimum Gasteiger partial charge on any atom is -0.462 e. The molecule has 0 aliphatic carbocycles. The molecule has 0 saturated heterocycles. The minimum absolute atomic E-state index is 0.122. The molecule has 11 heteroatoms. The van der Waals surface area contributed by atoms with Gasteiger partial charge in [0.1, 0.15) is 12.7 Å². The lowest BCUT2D eigenvalue weighted by atomic mass is 10.1. The van der Waals surface area contributed by atoms with E-state index < -0.39 is 51.8 Å². The van der Waals surface area contributed by atoms with Crippen LogP contribution < -0.4 is 0 Å². The maximum absolute atomic E-state index is 12.2. The van der Waals surface area contributed by atoms with E-state index in [2.05, 4.69) is 23.6 Å². The number of phosphoric acid groups is 1. The van der Waals surface area contributed by atoms with Gasteiger partial charge in [-0.1, -0.05) is 77.4 Å². The summed E-state index contributed by atoms with van der Waals surface area (Å²) >= 11 is 0. The van der Waals surface area contributed by atoms with E-state index in [1.165, 1.54) is 38.5 Å². The summed E-state index contributed by atoms with van der Waals surface area (Å²) in [4.78, 5) is 33.4. The second-order valence-corrected chi connectivity index (χ2v) is 10.8. The first-order valence-electron chi connectivity index (χ1n) is 14.1. The van der Waals surface area contributed by atoms with Gasteiger partial charge in [0.05, 0.1) is 19.8 Å². The Morgan fingerprint density at radius 1 is 0.789 bits per heavy atom. The average Bonchev–Trinajstić information content (AvgIpc) is 2.90. The number of rotatable bonds is 26. The highest BCUT2D eigenvalue weighted by molar-refractivity contribution is 7.47. The normalized spacial score (nSPS) is 14.8. The van der Waals surface area contributed by atoms with Gasteiger partial charge in [-0.25, -0.2) is 4.57 Å². The van der Waals surface area contributed by atoms with Gasteiger partial charge in [-0.15, -0.1) is 0 Å². The van der Waals surface area contributed by atoms with Crippen molar-refractivity contribution in [1.29, 1.82) is 0 Å². The molecular weight excluding hydrogens is 515 g/mol. The van der Waals surface area contributed by atoms with Crippen molar-refractivity contribution in [2.24, 2.45) is 0 Å². The third-order valence-electron chi connectivity index (χ3n) is 5.72. The molecule has 0 aromatic carbocycles. The number of hydrogen-bond donors (Lipinski definition) is 3. The van der Waals surface area contributed by atoms with Gasteiger partial charge in [0, 0.05) is 12.8 Å². The Morgan fingerprint density at radius 3 is 1.92 bits per heavy atom. The fraction of sp³-hybridized carbons (Fsp3) is 0.852. The monoisotopic (exact) mass is 566 g/mol. The summed E-state index contributed by atoms with van der Waals surface area (Å²) in [6.07, 6.45) is 17.3. The molecule has 0 rings (SSSR count). The lowest BCUT2D eigenvalue weighted by Crippen LogP contribution is -2.29. The topological polar surface area (TPSA) is 149 Å². The van der Waals surface area contributed by atoms with E-state index in [9.17, 15) is 24.2 Å². The van der Waals surface area contributed by atoms with E-state index in [0.717, 1.165) is 38.5 Å². The lowest BCUT2D eigenvalue weighted by Gasteiger charge is -2.20. The maximum Gasteiger partial charge on any atom is 0.472 e. The summed E-state index contributed by atoms with van der Waals surface area (Å²) in [6.45, 7) is 1.70. The van der Waals surface area contributed by atoms with Crippen LogP contribution in [0.4, 0.5) is 0 Å². The van der Waals surface area contributed by atoms with Gasteiger partial charge in [-0.2, -0.15) is 0 Å². The van der Waals surface area contributed by atoms with Crippen molar-refractivity contribution < 1.29 is 47.8 Å². The van der Waals surface area contributed by atoms with Crippen molar-refractivity contribution in [2.75, 3.05) is 26.4 Å². The fourth-order valence-electron chi connectivity index (χ4n) is 3.44. The third kappa shape index (κ3) is 23.8. The molecule has 0 aliphatic heterocycles. The second kappa shape index (κ2) is 24.7. The molecule has 0 radical (unpaired) electrons. The zero-order chi connectivity index (χ0) is 28.5. The molecule has 0 aromatic rings. The number of esters is 2. The van der Waals surface area contributed by atoms with Gasteiger partial charge in [0.15, 0.2) is 6.10 Å². The Morgan fingerprint density at radius 2 is 1.34 bits per heavy atom. The summed E-state index contributed by atoms with van der Waals surface area (Å²) in [5.41, 5.74) is 0. The van der Waals surface area contributed by atoms with Gasteiger partial charge in [0.2, 0.25) is 0 Å². The Kier molecular flexibility index (Phi) is 23.9. The van der Waals surface area contributed by atoms with Crippen LogP contribution in [0.3, 0.4) is 0 Å². The molecule has 0 amide bonds. The first-order valence-corrected chi connectivity index (χ1v) is 15.6. The van der Waals surface area contributed by atoms with E-state index >= 15 is 0 Å². The van der Waals surface area contributed by atoms with Crippen LogP contribution in [0.5, 0.6) is 0 Å². The predicted molar refractivity (Wildman–Crippen MR) is 145 cm³/mol. The van der Waals surface area contributed by atoms with Crippen LogP contribution in [0.15, 0.2) is 12.2 Å². The molecule has 0 fully saturated rings. The Balaban J connectivity index is 4.11. The van der Waals surface area contributed by atoms with Crippen LogP contribution in [-0.2, 0) is 32.7 Å². The van der Waals surface area contributed by atoms with Crippen LogP contribution in [0.2, 0.25) is 0 Å². The summed E-state index contributed by atoms with van der Waals surface area (Å²) < 4.78 is 31.5. The average molecular weight is 567 g/mol. The molecule has 0 saturated carbocycles. The highest BCUT2D eigenvalue weighted by atomic mass is 31.2. The van der Waals surface area contributed by atoms with E-state index in [1.807, 2.05) is 0 Å². The van der Waals surface area contributed by atoms with Crippen molar-refractivity contribution in [3.63, 3.8) is 0 Å². The zero-order valence-electron chi connectivity index (χ0n) is 23.4. The Labute approximate surface area is 228 Å². The van der Waals surface area contributed by atoms with Crippen molar-refractivity contribution in [3.05, 3.63) is 12.2 Å². The predicted octanol–water partition coefficient (Wildman–Crippen LogP) is 5.38. The van der Waals surface area contributed by atoms with Gasteiger partial charge in [0.25, 0.3) is 0 Å². The SMILES string of the molecule is CCCCCCCC/C=C\CCCCCCCC(=O)OC(COC(=O)CC)COP(=O)(O)OCC(O)CO. The van der Waals surface area contributed by atoms with Gasteiger partial charge in [-0.3, -0.25) is 18.6 Å². The summed E-state index contributed by atoms with van der Waals surface area (Å²) in [5, 5.41) is 18.0. The van der Waals surface area contributed by atoms with Crippen LogP contribution in [-0.4, -0.2) is 65.7 Å². The first-order chi connectivity index (χ1) is 18.2. The van der Waals surface area contributed by atoms with Crippen molar-refractivity contribution in [1.82, 2.24) is 0 Å². The summed E-state index contributed by atoms with van der Waals surface area (Å²) in [7, 11) is -4.57. The second-order valence-electron chi connectivity index (χ2n) is 9.38. The molecule has 0 aromatic heterocycles. The van der Waals surface area contributed by atoms with Crippen LogP contribution in [0, 0.1) is 0 Å². The molecule has 10 nitrogen and oxygen atoms in total. The number of aliphatic hydroxyl groups excluding tert-OH is 2. The molecule has 0 bridgehead atoms. The van der Waals surface area contributed by atoms with E-state index in [1.54, 1.807) is 6.92 Å². The number of hydrogen-bond acceptors (Lipinski definition) is 9. The van der Waals surface area contributed by atoms with Gasteiger partial charge in [-0.05, 0) is 32.1 Å². The molecule has 3 atom stereocenters. The number of aliphatic hydroxyl groups is 2. The molecule has 3 unspecified atom stereocenters. The van der Waals surface area contributed by atoms with E-state index in [-0.39, 0.29) is 19.4 Å². The van der Waals surface area contributed by atoms with Crippen molar-refractivity contribution in [3.8, 4) is 0 Å². The molecule has 224 valence electrons. The number of allylic oxidation sites excluding steroid dienone is 2. The number of phosphoric ester groups is 1. The third-order valence-corrected chi connectivity index (χ3v) is 6.67. The molecule has 0 heterocycles. The number of carbonyl (C=O) groups is 2. The summed E-state index contributed by atoms with van der Waals surface area (Å²) in [5.74, 6) is -1.04. The summed E-state index contributed by atoms with van der Waals surface area (Å²) in [6, 6.07) is 0. The molecule has 0 spiro atoms. The Bertz CT molecular complexity index is 670. The number of unbranched alkanes of at least 4 members (excludes halogenated alkanes) is 11. The van der Waals surface area contributed by atoms with Crippen LogP contribution in [0.25, 0.3) is 0 Å². The Hall–Kier alpha value is -1.29. The molecule has 3 N–H and O–H groups in total. The largest absolute Gasteiger partial charge is 0.472 e. The number of carbonyl (C=O) groups excluding carboxylic acids is 2. The quantitative estimate of drug-likeness (QED) is 0.0539. The fourth-order valence-corrected chi connectivity index (χ4v) is 4.23. The lowest BCUT2D eigenvalue weighted by molar-refractivity contribution is -0.161. The van der Waals surface area contributed by atoms with Gasteiger partial charge >= 0.3 is 19.8 Å². The standard InChI is InChI=1S/C27H51O10P/c1-3-5-6-7-8-9-10-11-12-13-14-15-16-17-18-19-27(31)37-25(22-34-26(30)4-2)23-36-38(32,33)35-21-24(29)20-28/h11-12,24-25,28-29H,3-10,13-23H2,1-2H3,(H,32,33)/b12-11-. The zero-order valence-corrected chi connectivity index (χ0v) is 24.3. The van der Waals surface area contributed by atoms with E-state index in [4.69, 9.17) is 19.1 Å². The molecule has 0 aliphatic rings. The number of ether oxygens (including phenoxy) is 2. The maximum atomic E-state index is 12.2. The van der Waals surface area contributed by atoms with Gasteiger partial charge < -0.3 is 24.6 Å². The van der Waals surface area contributed by atoms with Crippen LogP contribution in [0.1, 0.15) is 110 Å². The van der Waals surface area contributed by atoms with Crippen molar-refractivity contribution in [2.45, 2.75) is 122 Å². The first kappa shape index (κ1) is 36.7. The highest BCUT2D eigenvalue weighted by Crippen LogP contribution is 2.43. The van der Waals surface area contributed by atoms with Crippen molar-refractivity contribution >= 4 is 19.8 Å². The smallest absolute Gasteiger partial charge is 0.462 e. The minimum atomic E-state index is -4.57. The van der Waals surface area contributed by atoms with Crippen LogP contribution >= 0.6 is 7.82 Å². The molecule has 38 heavy (non-hydrogen) atoms. The highest BCUT2D eigenvalue weighted by Gasteiger charge is 2.27. The van der Waals surface area contributed by atoms with E-state index in [0.29, 0.717) is 6.42 Å².